The molecule has 1 fully saturated rings. The van der Waals surface area contributed by atoms with E-state index in [2.05, 4.69) is 37.9 Å². The Labute approximate surface area is 102 Å². The van der Waals surface area contributed by atoms with Gasteiger partial charge in [-0.25, -0.2) is 0 Å². The number of hydrogen-bond donors (Lipinski definition) is 1. The molecule has 0 aromatic heterocycles. The van der Waals surface area contributed by atoms with E-state index in [0.717, 1.165) is 6.04 Å². The van der Waals surface area contributed by atoms with Crippen molar-refractivity contribution < 1.29 is 0 Å². The summed E-state index contributed by atoms with van der Waals surface area (Å²) in [5, 5.41) is 3.72. The molecule has 1 heterocycles. The molecule has 2 nitrogen and oxygen atoms in total. The van der Waals surface area contributed by atoms with Crippen LogP contribution in [-0.2, 0) is 0 Å². The number of rotatable bonds is 6. The molecular formula is C14H30N2. The molecule has 1 N–H and O–H groups in total. The number of nitrogens with zero attached hydrogens (tertiary/aromatic N) is 1. The Kier molecular flexibility index (Phi) is 5.77. The standard InChI is InChI=1S/C14H30N2/c1-5-8-9-10-16-12-14(4,7-3)15-11-13(16)6-2/h13,15H,5-12H2,1-4H3. The Morgan fingerprint density at radius 1 is 1.25 bits per heavy atom. The Hall–Kier alpha value is -0.0800. The van der Waals surface area contributed by atoms with E-state index in [1.807, 2.05) is 0 Å². The molecule has 2 atom stereocenters. The summed E-state index contributed by atoms with van der Waals surface area (Å²) in [6.45, 7) is 13.0. The van der Waals surface area contributed by atoms with Gasteiger partial charge < -0.3 is 5.32 Å². The summed E-state index contributed by atoms with van der Waals surface area (Å²) in [7, 11) is 0. The predicted octanol–water partition coefficient (Wildman–Crippen LogP) is 3.03. The molecule has 0 aromatic carbocycles. The van der Waals surface area contributed by atoms with Gasteiger partial charge in [-0.2, -0.15) is 0 Å². The smallest absolute Gasteiger partial charge is 0.0278 e. The largest absolute Gasteiger partial charge is 0.309 e. The second-order valence-electron chi connectivity index (χ2n) is 5.53. The number of nitrogens with one attached hydrogen (secondary N) is 1. The summed E-state index contributed by atoms with van der Waals surface area (Å²) in [6.07, 6.45) is 6.58. The van der Waals surface area contributed by atoms with E-state index in [4.69, 9.17) is 0 Å². The number of piperazine rings is 1. The molecule has 0 aromatic rings. The van der Waals surface area contributed by atoms with Crippen molar-refractivity contribution in [3.63, 3.8) is 0 Å². The van der Waals surface area contributed by atoms with Crippen LogP contribution in [0.15, 0.2) is 0 Å². The van der Waals surface area contributed by atoms with Crippen molar-refractivity contribution in [3.05, 3.63) is 0 Å². The van der Waals surface area contributed by atoms with Gasteiger partial charge in [0.2, 0.25) is 0 Å². The lowest BCUT2D eigenvalue weighted by molar-refractivity contribution is 0.0805. The van der Waals surface area contributed by atoms with Crippen molar-refractivity contribution in [2.75, 3.05) is 19.6 Å². The van der Waals surface area contributed by atoms with Gasteiger partial charge >= 0.3 is 0 Å². The van der Waals surface area contributed by atoms with Crippen molar-refractivity contribution >= 4 is 0 Å². The van der Waals surface area contributed by atoms with Gasteiger partial charge in [0.1, 0.15) is 0 Å². The highest BCUT2D eigenvalue weighted by Crippen LogP contribution is 2.20. The van der Waals surface area contributed by atoms with Crippen molar-refractivity contribution in [3.8, 4) is 0 Å². The maximum absolute atomic E-state index is 3.72. The molecule has 1 aliphatic heterocycles. The van der Waals surface area contributed by atoms with Crippen LogP contribution >= 0.6 is 0 Å². The Morgan fingerprint density at radius 3 is 2.56 bits per heavy atom. The third-order valence-corrected chi connectivity index (χ3v) is 4.13. The van der Waals surface area contributed by atoms with Gasteiger partial charge in [-0.3, -0.25) is 4.90 Å². The highest BCUT2D eigenvalue weighted by Gasteiger charge is 2.33. The van der Waals surface area contributed by atoms with Crippen molar-refractivity contribution in [2.45, 2.75) is 71.4 Å². The molecule has 16 heavy (non-hydrogen) atoms. The van der Waals surface area contributed by atoms with Crippen LogP contribution in [0.3, 0.4) is 0 Å². The fraction of sp³-hybridized carbons (Fsp3) is 1.00. The van der Waals surface area contributed by atoms with Gasteiger partial charge in [0.15, 0.2) is 0 Å². The van der Waals surface area contributed by atoms with Crippen LogP contribution in [0.5, 0.6) is 0 Å². The Balaban J connectivity index is 2.47. The topological polar surface area (TPSA) is 15.3 Å². The molecule has 96 valence electrons. The van der Waals surface area contributed by atoms with E-state index in [-0.39, 0.29) is 0 Å². The Bertz CT molecular complexity index is 193. The van der Waals surface area contributed by atoms with E-state index in [1.165, 1.54) is 51.7 Å². The van der Waals surface area contributed by atoms with Gasteiger partial charge in [-0.1, -0.05) is 33.6 Å². The average molecular weight is 226 g/mol. The summed E-state index contributed by atoms with van der Waals surface area (Å²) in [5.74, 6) is 0. The first-order valence-electron chi connectivity index (χ1n) is 7.14. The van der Waals surface area contributed by atoms with Crippen LogP contribution < -0.4 is 5.32 Å². The molecular weight excluding hydrogens is 196 g/mol. The minimum Gasteiger partial charge on any atom is -0.309 e. The average Bonchev–Trinajstić information content (AvgIpc) is 2.30. The Morgan fingerprint density at radius 2 is 2.00 bits per heavy atom. The van der Waals surface area contributed by atoms with Crippen LogP contribution in [0.1, 0.15) is 59.8 Å². The second kappa shape index (κ2) is 6.61. The first kappa shape index (κ1) is 14.0. The number of unbranched alkanes of at least 4 members (excludes halogenated alkanes) is 2. The summed E-state index contributed by atoms with van der Waals surface area (Å²) in [6, 6.07) is 0.761. The molecule has 0 amide bonds. The van der Waals surface area contributed by atoms with Crippen LogP contribution in [-0.4, -0.2) is 36.1 Å². The maximum Gasteiger partial charge on any atom is 0.0278 e. The monoisotopic (exact) mass is 226 g/mol. The molecule has 1 rings (SSSR count). The first-order valence-corrected chi connectivity index (χ1v) is 7.14. The molecule has 0 saturated carbocycles. The normalized spacial score (nSPS) is 31.9. The lowest BCUT2D eigenvalue weighted by Gasteiger charge is -2.46. The molecule has 1 aliphatic rings. The maximum atomic E-state index is 3.72. The molecule has 0 spiro atoms. The quantitative estimate of drug-likeness (QED) is 0.700. The van der Waals surface area contributed by atoms with Crippen LogP contribution in [0.2, 0.25) is 0 Å². The SMILES string of the molecule is CCCCCN1CC(C)(CC)NCC1CC. The van der Waals surface area contributed by atoms with Crippen LogP contribution in [0.25, 0.3) is 0 Å². The predicted molar refractivity (Wildman–Crippen MR) is 71.9 cm³/mol. The summed E-state index contributed by atoms with van der Waals surface area (Å²) in [4.78, 5) is 2.72. The van der Waals surface area contributed by atoms with Gasteiger partial charge in [0.25, 0.3) is 0 Å². The molecule has 0 aliphatic carbocycles. The zero-order valence-corrected chi connectivity index (χ0v) is 11.7. The number of hydrogen-bond acceptors (Lipinski definition) is 2. The minimum atomic E-state index is 0.345. The zero-order chi connectivity index (χ0) is 12.0. The van der Waals surface area contributed by atoms with E-state index in [1.54, 1.807) is 0 Å². The molecule has 0 radical (unpaired) electrons. The van der Waals surface area contributed by atoms with Crippen molar-refractivity contribution in [1.29, 1.82) is 0 Å². The third kappa shape index (κ3) is 3.74. The molecule has 2 heteroatoms. The highest BCUT2D eigenvalue weighted by molar-refractivity contribution is 4.93. The lowest BCUT2D eigenvalue weighted by atomic mass is 9.92. The van der Waals surface area contributed by atoms with Crippen molar-refractivity contribution in [1.82, 2.24) is 10.2 Å². The van der Waals surface area contributed by atoms with E-state index < -0.39 is 0 Å². The van der Waals surface area contributed by atoms with Gasteiger partial charge in [-0.05, 0) is 32.7 Å². The molecule has 2 unspecified atom stereocenters. The summed E-state index contributed by atoms with van der Waals surface area (Å²) in [5.41, 5.74) is 0.345. The van der Waals surface area contributed by atoms with Crippen LogP contribution in [0.4, 0.5) is 0 Å². The highest BCUT2D eigenvalue weighted by atomic mass is 15.2. The lowest BCUT2D eigenvalue weighted by Crippen LogP contribution is -2.62. The fourth-order valence-electron chi connectivity index (χ4n) is 2.59. The fourth-order valence-corrected chi connectivity index (χ4v) is 2.59. The summed E-state index contributed by atoms with van der Waals surface area (Å²) >= 11 is 0. The van der Waals surface area contributed by atoms with Crippen molar-refractivity contribution in [2.24, 2.45) is 0 Å². The van der Waals surface area contributed by atoms with E-state index in [9.17, 15) is 0 Å². The molecule has 0 bridgehead atoms. The van der Waals surface area contributed by atoms with Gasteiger partial charge in [-0.15, -0.1) is 0 Å². The third-order valence-electron chi connectivity index (χ3n) is 4.13. The van der Waals surface area contributed by atoms with E-state index >= 15 is 0 Å². The minimum absolute atomic E-state index is 0.345. The second-order valence-corrected chi connectivity index (χ2v) is 5.53. The van der Waals surface area contributed by atoms with Gasteiger partial charge in [0, 0.05) is 24.7 Å². The molecule has 1 saturated heterocycles. The van der Waals surface area contributed by atoms with E-state index in [0.29, 0.717) is 5.54 Å². The first-order chi connectivity index (χ1) is 7.65. The summed E-state index contributed by atoms with van der Waals surface area (Å²) < 4.78 is 0. The van der Waals surface area contributed by atoms with Gasteiger partial charge in [0.05, 0.1) is 0 Å². The zero-order valence-electron chi connectivity index (χ0n) is 11.7. The van der Waals surface area contributed by atoms with Crippen LogP contribution in [0, 0.1) is 0 Å².